The molecule has 3 aromatic heterocycles. The molecule has 0 bridgehead atoms. The molecule has 0 atom stereocenters. The Morgan fingerprint density at radius 3 is 2.21 bits per heavy atom. The van der Waals surface area contributed by atoms with E-state index < -0.39 is 26.0 Å². The molecule has 0 spiro atoms. The van der Waals surface area contributed by atoms with Gasteiger partial charge in [0.1, 0.15) is 5.58 Å². The number of fused-ring (bicyclic) bond motifs is 3. The van der Waals surface area contributed by atoms with Crippen LogP contribution in [0.1, 0.15) is 41.9 Å². The van der Waals surface area contributed by atoms with E-state index in [1.165, 1.54) is 16.2 Å². The second-order valence-electron chi connectivity index (χ2n) is 12.8. The molecule has 239 valence electrons. The zero-order chi connectivity index (χ0) is 35.8. The van der Waals surface area contributed by atoms with Gasteiger partial charge < -0.3 is 9.40 Å². The Hall–Kier alpha value is -3.83. The van der Waals surface area contributed by atoms with Crippen LogP contribution in [0.5, 0.6) is 0 Å². The van der Waals surface area contributed by atoms with Crippen molar-refractivity contribution in [2.75, 3.05) is 0 Å². The van der Waals surface area contributed by atoms with Crippen molar-refractivity contribution in [1.29, 1.82) is 0 Å². The van der Waals surface area contributed by atoms with E-state index in [2.05, 4.69) is 88.9 Å². The molecule has 0 aliphatic heterocycles. The summed E-state index contributed by atoms with van der Waals surface area (Å²) >= 11 is -1.77. The quantitative estimate of drug-likeness (QED) is 0.128. The minimum Gasteiger partial charge on any atom is -0.501 e. The topological polar surface area (TPSA) is 38.9 Å². The molecule has 47 heavy (non-hydrogen) atoms. The number of hydrogen-bond donors (Lipinski definition) is 0. The molecule has 0 saturated heterocycles. The Morgan fingerprint density at radius 2 is 1.53 bits per heavy atom. The summed E-state index contributed by atoms with van der Waals surface area (Å²) in [4.78, 5) is 9.03. The second-order valence-corrected chi connectivity index (χ2v) is 23.4. The van der Waals surface area contributed by atoms with E-state index in [9.17, 15) is 0 Å². The van der Waals surface area contributed by atoms with Crippen LogP contribution in [0.4, 0.5) is 0 Å². The summed E-state index contributed by atoms with van der Waals surface area (Å²) in [5.41, 5.74) is 8.73. The van der Waals surface area contributed by atoms with Crippen LogP contribution in [0.2, 0.25) is 17.3 Å². The Kier molecular flexibility index (Phi) is 9.06. The van der Waals surface area contributed by atoms with Gasteiger partial charge in [0, 0.05) is 37.2 Å². The fraction of sp³-hybridized carbons (Fsp3) is 0.190. The summed E-state index contributed by atoms with van der Waals surface area (Å²) in [5.74, 6) is 6.10. The summed E-state index contributed by atoms with van der Waals surface area (Å²) in [6.07, 6.45) is 3.43. The smallest absolute Gasteiger partial charge is 0.121 e. The number of hydrogen-bond acceptors (Lipinski definition) is 3. The summed E-state index contributed by atoms with van der Waals surface area (Å²) in [7, 11) is 0. The Labute approximate surface area is 300 Å². The molecule has 4 aromatic carbocycles. The molecule has 0 unspecified atom stereocenters. The van der Waals surface area contributed by atoms with Gasteiger partial charge in [0.05, 0.1) is 5.58 Å². The predicted octanol–water partition coefficient (Wildman–Crippen LogP) is 10.9. The van der Waals surface area contributed by atoms with Gasteiger partial charge in [-0.3, -0.25) is 0 Å². The van der Waals surface area contributed by atoms with Gasteiger partial charge in [0.2, 0.25) is 0 Å². The Morgan fingerprint density at radius 1 is 0.766 bits per heavy atom. The van der Waals surface area contributed by atoms with Crippen molar-refractivity contribution >= 4 is 39.6 Å². The number of aryl methyl sites for hydroxylation is 2. The monoisotopic (exact) mass is 859 g/mol. The van der Waals surface area contributed by atoms with Crippen molar-refractivity contribution in [2.45, 2.75) is 50.8 Å². The van der Waals surface area contributed by atoms with Crippen molar-refractivity contribution in [3.63, 3.8) is 0 Å². The van der Waals surface area contributed by atoms with Crippen LogP contribution in [-0.4, -0.2) is 23.2 Å². The van der Waals surface area contributed by atoms with E-state index in [-0.39, 0.29) is 25.7 Å². The molecular weight excluding hydrogens is 813 g/mol. The molecule has 0 amide bonds. The van der Waals surface area contributed by atoms with E-state index >= 15 is 0 Å². The third kappa shape index (κ3) is 7.51. The van der Waals surface area contributed by atoms with Crippen LogP contribution in [-0.2, 0) is 20.1 Å². The first-order valence-corrected chi connectivity index (χ1v) is 22.8. The molecule has 0 aliphatic rings. The molecule has 0 saturated carbocycles. The van der Waals surface area contributed by atoms with Crippen molar-refractivity contribution in [3.8, 4) is 33.6 Å². The van der Waals surface area contributed by atoms with Gasteiger partial charge in [0.15, 0.2) is 0 Å². The van der Waals surface area contributed by atoms with Crippen LogP contribution in [0.25, 0.3) is 55.6 Å². The number of pyridine rings is 2. The number of benzene rings is 4. The molecule has 7 aromatic rings. The fourth-order valence-electron chi connectivity index (χ4n) is 5.79. The predicted molar refractivity (Wildman–Crippen MR) is 196 cm³/mol. The minimum absolute atomic E-state index is 0. The first-order valence-electron chi connectivity index (χ1n) is 17.5. The largest absolute Gasteiger partial charge is 0.501 e. The molecule has 0 fully saturated rings. The molecule has 3 heterocycles. The third-order valence-corrected chi connectivity index (χ3v) is 12.6. The maximum atomic E-state index is 8.50. The number of aromatic nitrogens is 2. The van der Waals surface area contributed by atoms with Crippen LogP contribution < -0.4 is 4.40 Å². The molecular formula is C42H40GeIrN2O-2. The van der Waals surface area contributed by atoms with Gasteiger partial charge in [0.25, 0.3) is 0 Å². The third-order valence-electron chi connectivity index (χ3n) is 8.14. The van der Waals surface area contributed by atoms with E-state index in [0.717, 1.165) is 38.7 Å². The molecule has 1 radical (unpaired) electrons. The summed E-state index contributed by atoms with van der Waals surface area (Å²) in [5, 5.41) is 1.92. The Bertz CT molecular complexity index is 2290. The van der Waals surface area contributed by atoms with Gasteiger partial charge in [-0.15, -0.1) is 18.2 Å². The minimum atomic E-state index is -2.35. The summed E-state index contributed by atoms with van der Waals surface area (Å²) < 4.78 is 39.8. The van der Waals surface area contributed by atoms with E-state index in [1.54, 1.807) is 19.9 Å². The Balaban J connectivity index is 0.000000237. The number of nitrogens with zero attached hydrogens (tertiary/aromatic N) is 2. The maximum absolute atomic E-state index is 8.50. The van der Waals surface area contributed by atoms with Crippen molar-refractivity contribution in [1.82, 2.24) is 9.97 Å². The maximum Gasteiger partial charge on any atom is 0.121 e. The van der Waals surface area contributed by atoms with Crippen molar-refractivity contribution in [3.05, 3.63) is 138 Å². The van der Waals surface area contributed by atoms with Gasteiger partial charge in [-0.25, -0.2) is 0 Å². The first-order chi connectivity index (χ1) is 23.6. The SMILES string of the molecule is Cc1cc(-c2[c-]cccc2)nc[c]1[Ge]([CH3])([CH3])[CH3].[2H]C([2H])([2H])c1cnc(-c2[c-]ccc3c2oc2cc(-c4ccccc4)ccc23)cc1C([2H])(C)C.[Ir]. The average molecular weight is 858 g/mol. The number of rotatable bonds is 5. The molecule has 3 nitrogen and oxygen atoms in total. The standard InChI is InChI=1S/C27H22NO.C15H18GeN.Ir/c1-17(2)24-15-25(28-16-18(24)3)23-11-7-10-22-21-13-12-20(14-26(21)29-27(22)23)19-8-5-4-6-9-19;1-12-10-15(13-8-6-5-7-9-13)17-11-14(12)16(2,3)4;/h4-10,12-17H,1-3H3;5-8,10-11H,1-4H3;/q2*-1;/i3D3,17D;;. The molecule has 7 rings (SSSR count). The normalized spacial score (nSPS) is 13.1. The first kappa shape index (κ1) is 29.3. The summed E-state index contributed by atoms with van der Waals surface area (Å²) in [6.45, 7) is 3.21. The summed E-state index contributed by atoms with van der Waals surface area (Å²) in [6, 6.07) is 38.4. The van der Waals surface area contributed by atoms with Crippen LogP contribution in [0, 0.1) is 25.9 Å². The van der Waals surface area contributed by atoms with Gasteiger partial charge in [-0.05, 0) is 46.8 Å². The van der Waals surface area contributed by atoms with Gasteiger partial charge in [-0.1, -0.05) is 73.3 Å². The van der Waals surface area contributed by atoms with Crippen molar-refractivity contribution < 1.29 is 30.0 Å². The molecule has 5 heteroatoms. The molecule has 0 aliphatic carbocycles. The fourth-order valence-corrected chi connectivity index (χ4v) is 9.37. The van der Waals surface area contributed by atoms with E-state index in [4.69, 9.17) is 9.90 Å². The zero-order valence-electron chi connectivity index (χ0n) is 31.5. The zero-order valence-corrected chi connectivity index (χ0v) is 32.0. The number of furan rings is 1. The average Bonchev–Trinajstić information content (AvgIpc) is 3.46. The second kappa shape index (κ2) is 14.5. The van der Waals surface area contributed by atoms with Crippen LogP contribution in [0.15, 0.2) is 114 Å². The van der Waals surface area contributed by atoms with E-state index in [1.807, 2.05) is 54.6 Å². The van der Waals surface area contributed by atoms with Crippen LogP contribution in [0.3, 0.4) is 0 Å². The molecule has 0 N–H and O–H groups in total. The van der Waals surface area contributed by atoms with Gasteiger partial charge >= 0.3 is 106 Å². The van der Waals surface area contributed by atoms with E-state index in [0.29, 0.717) is 22.4 Å². The van der Waals surface area contributed by atoms with Gasteiger partial charge in [-0.2, -0.15) is 0 Å². The van der Waals surface area contributed by atoms with Crippen LogP contribution >= 0.6 is 0 Å². The van der Waals surface area contributed by atoms with Crippen molar-refractivity contribution in [2.24, 2.45) is 0 Å².